The number of nitrogens with one attached hydrogen (secondary N) is 1. The third-order valence-corrected chi connectivity index (χ3v) is 5.95. The van der Waals surface area contributed by atoms with E-state index < -0.39 is 15.9 Å². The minimum Gasteiger partial charge on any atom is -0.390 e. The first-order chi connectivity index (χ1) is 8.97. The van der Waals surface area contributed by atoms with E-state index >= 15 is 0 Å². The molecule has 1 saturated carbocycles. The van der Waals surface area contributed by atoms with Crippen molar-refractivity contribution in [1.29, 1.82) is 0 Å². The van der Waals surface area contributed by atoms with E-state index in [0.717, 1.165) is 32.4 Å². The van der Waals surface area contributed by atoms with Crippen LogP contribution in [-0.2, 0) is 9.84 Å². The second-order valence-electron chi connectivity index (χ2n) is 5.98. The minimum absolute atomic E-state index is 0.0169. The van der Waals surface area contributed by atoms with Crippen LogP contribution < -0.4 is 5.32 Å². The molecule has 2 N–H and O–H groups in total. The summed E-state index contributed by atoms with van der Waals surface area (Å²) in [5, 5.41) is 13.0. The fourth-order valence-electron chi connectivity index (χ4n) is 3.29. The Morgan fingerprint density at radius 3 is 2.58 bits per heavy atom. The number of aliphatic hydroxyl groups excluding tert-OH is 1. The van der Waals surface area contributed by atoms with Gasteiger partial charge in [0.15, 0.2) is 9.84 Å². The maximum atomic E-state index is 11.7. The average Bonchev–Trinajstić information content (AvgIpc) is 2.95. The summed E-state index contributed by atoms with van der Waals surface area (Å²) in [5.74, 6) is 0. The van der Waals surface area contributed by atoms with Crippen molar-refractivity contribution in [3.63, 3.8) is 0 Å². The Balaban J connectivity index is 1.74. The third-order valence-electron chi connectivity index (χ3n) is 4.29. The van der Waals surface area contributed by atoms with Crippen LogP contribution in [0, 0.1) is 0 Å². The molecule has 0 aromatic heterocycles. The zero-order valence-corrected chi connectivity index (χ0v) is 12.5. The highest BCUT2D eigenvalue weighted by Gasteiger charge is 2.34. The summed E-state index contributed by atoms with van der Waals surface area (Å²) in [6.45, 7) is 3.34. The first-order valence-corrected chi connectivity index (χ1v) is 9.25. The normalized spacial score (nSPS) is 30.8. The number of rotatable bonds is 6. The van der Waals surface area contributed by atoms with Crippen LogP contribution in [0.3, 0.4) is 0 Å². The highest BCUT2D eigenvalue weighted by atomic mass is 32.2. The molecule has 1 heterocycles. The van der Waals surface area contributed by atoms with Crippen LogP contribution in [-0.4, -0.2) is 68.3 Å². The van der Waals surface area contributed by atoms with Crippen molar-refractivity contribution in [1.82, 2.24) is 10.2 Å². The lowest BCUT2D eigenvalue weighted by atomic mass is 10.2. The van der Waals surface area contributed by atoms with E-state index in [1.54, 1.807) is 0 Å². The zero-order valence-electron chi connectivity index (χ0n) is 11.7. The van der Waals surface area contributed by atoms with Crippen LogP contribution >= 0.6 is 0 Å². The number of hydrogen-bond acceptors (Lipinski definition) is 5. The van der Waals surface area contributed by atoms with Crippen LogP contribution in [0.2, 0.25) is 0 Å². The van der Waals surface area contributed by atoms with Gasteiger partial charge in [0.25, 0.3) is 0 Å². The number of likely N-dealkylation sites (tertiary alicyclic amines) is 1. The number of hydrogen-bond donors (Lipinski definition) is 2. The van der Waals surface area contributed by atoms with Crippen molar-refractivity contribution < 1.29 is 13.5 Å². The van der Waals surface area contributed by atoms with Gasteiger partial charge in [-0.1, -0.05) is 6.42 Å². The summed E-state index contributed by atoms with van der Waals surface area (Å²) in [6.07, 6.45) is 5.96. The zero-order chi connectivity index (χ0) is 13.9. The van der Waals surface area contributed by atoms with Gasteiger partial charge in [-0.3, -0.25) is 0 Å². The van der Waals surface area contributed by atoms with Gasteiger partial charge in [0.2, 0.25) is 0 Å². The summed E-state index contributed by atoms with van der Waals surface area (Å²) >= 11 is 0. The van der Waals surface area contributed by atoms with Crippen molar-refractivity contribution in [2.45, 2.75) is 49.5 Å². The first-order valence-electron chi connectivity index (χ1n) is 7.29. The number of nitrogens with zero attached hydrogens (tertiary/aromatic N) is 1. The second-order valence-corrected chi connectivity index (χ2v) is 8.24. The predicted molar refractivity (Wildman–Crippen MR) is 76.0 cm³/mol. The lowest BCUT2D eigenvalue weighted by Crippen LogP contribution is -2.45. The summed E-state index contributed by atoms with van der Waals surface area (Å²) in [5.41, 5.74) is 0. The van der Waals surface area contributed by atoms with Gasteiger partial charge in [-0.15, -0.1) is 0 Å². The topological polar surface area (TPSA) is 69.6 Å². The number of β-amino-alcohol motifs (C(OH)–C–C–N with tert-alkyl or cyclic N) is 1. The number of sulfone groups is 1. The van der Waals surface area contributed by atoms with Crippen LogP contribution in [0.4, 0.5) is 0 Å². The Morgan fingerprint density at radius 2 is 1.95 bits per heavy atom. The Bertz CT molecular complexity index is 379. The molecule has 2 fully saturated rings. The van der Waals surface area contributed by atoms with Gasteiger partial charge in [-0.2, -0.15) is 0 Å². The molecule has 2 aliphatic rings. The molecule has 6 heteroatoms. The lowest BCUT2D eigenvalue weighted by molar-refractivity contribution is 0.120. The summed E-state index contributed by atoms with van der Waals surface area (Å²) < 4.78 is 23.3. The molecule has 5 nitrogen and oxygen atoms in total. The van der Waals surface area contributed by atoms with Gasteiger partial charge in [0.05, 0.1) is 11.4 Å². The van der Waals surface area contributed by atoms with Gasteiger partial charge in [0, 0.05) is 25.4 Å². The van der Waals surface area contributed by atoms with Crippen molar-refractivity contribution in [3.8, 4) is 0 Å². The van der Waals surface area contributed by atoms with Gasteiger partial charge in [-0.25, -0.2) is 8.42 Å². The van der Waals surface area contributed by atoms with Crippen LogP contribution in [0.1, 0.15) is 32.1 Å². The second kappa shape index (κ2) is 6.52. The highest BCUT2D eigenvalue weighted by molar-refractivity contribution is 7.91. The Labute approximate surface area is 116 Å². The molecule has 0 bridgehead atoms. The minimum atomic E-state index is -2.98. The molecule has 0 radical (unpaired) electrons. The molecule has 3 atom stereocenters. The summed E-state index contributed by atoms with van der Waals surface area (Å²) in [6, 6.07) is 0.0169. The molecule has 0 aromatic carbocycles. The first kappa shape index (κ1) is 15.2. The quantitative estimate of drug-likeness (QED) is 0.720. The van der Waals surface area contributed by atoms with Crippen molar-refractivity contribution in [2.24, 2.45) is 0 Å². The molecule has 0 aromatic rings. The molecule has 3 unspecified atom stereocenters. The van der Waals surface area contributed by atoms with E-state index in [9.17, 15) is 13.5 Å². The van der Waals surface area contributed by atoms with Crippen molar-refractivity contribution in [2.75, 3.05) is 32.4 Å². The molecule has 2 rings (SSSR count). The Kier molecular flexibility index (Phi) is 5.22. The number of aliphatic hydroxyl groups is 1. The van der Waals surface area contributed by atoms with Crippen LogP contribution in [0.15, 0.2) is 0 Å². The van der Waals surface area contributed by atoms with Gasteiger partial charge < -0.3 is 15.3 Å². The monoisotopic (exact) mass is 290 g/mol. The van der Waals surface area contributed by atoms with Crippen molar-refractivity contribution >= 4 is 9.84 Å². The fourth-order valence-corrected chi connectivity index (χ4v) is 4.71. The highest BCUT2D eigenvalue weighted by Crippen LogP contribution is 2.25. The van der Waals surface area contributed by atoms with Crippen LogP contribution in [0.5, 0.6) is 0 Å². The van der Waals surface area contributed by atoms with Crippen LogP contribution in [0.25, 0.3) is 0 Å². The van der Waals surface area contributed by atoms with E-state index in [2.05, 4.69) is 10.2 Å². The van der Waals surface area contributed by atoms with Gasteiger partial charge in [0.1, 0.15) is 0 Å². The molecular weight excluding hydrogens is 264 g/mol. The van der Waals surface area contributed by atoms with Gasteiger partial charge >= 0.3 is 0 Å². The van der Waals surface area contributed by atoms with E-state index in [1.165, 1.54) is 19.1 Å². The summed E-state index contributed by atoms with van der Waals surface area (Å²) in [7, 11) is -2.98. The lowest BCUT2D eigenvalue weighted by Gasteiger charge is -2.24. The molecular formula is C13H26N2O3S. The van der Waals surface area contributed by atoms with E-state index in [4.69, 9.17) is 0 Å². The van der Waals surface area contributed by atoms with E-state index in [0.29, 0.717) is 13.1 Å². The fraction of sp³-hybridized carbons (Fsp3) is 1.00. The molecule has 1 saturated heterocycles. The maximum absolute atomic E-state index is 11.7. The molecule has 112 valence electrons. The maximum Gasteiger partial charge on any atom is 0.151 e. The molecule has 19 heavy (non-hydrogen) atoms. The predicted octanol–water partition coefficient (Wildman–Crippen LogP) is -0.00160. The third kappa shape index (κ3) is 4.41. The molecule has 1 aliphatic carbocycles. The summed E-state index contributed by atoms with van der Waals surface area (Å²) in [4.78, 5) is 2.27. The van der Waals surface area contributed by atoms with E-state index in [-0.39, 0.29) is 11.3 Å². The van der Waals surface area contributed by atoms with Crippen molar-refractivity contribution in [3.05, 3.63) is 0 Å². The smallest absolute Gasteiger partial charge is 0.151 e. The molecule has 0 spiro atoms. The largest absolute Gasteiger partial charge is 0.390 e. The SMILES string of the molecule is CS(=O)(=O)C1CCCC1NCC(O)CN1CCCC1. The van der Waals surface area contributed by atoms with Gasteiger partial charge in [-0.05, 0) is 38.8 Å². The average molecular weight is 290 g/mol. The van der Waals surface area contributed by atoms with E-state index in [1.807, 2.05) is 0 Å². The molecule has 1 aliphatic heterocycles. The molecule has 0 amide bonds. The Hall–Kier alpha value is -0.170. The standard InChI is InChI=1S/C13H26N2O3S/c1-19(17,18)13-6-4-5-12(13)14-9-11(16)10-15-7-2-3-8-15/h11-14,16H,2-10H2,1H3. The Morgan fingerprint density at radius 1 is 1.26 bits per heavy atom.